The molecule has 0 spiro atoms. The van der Waals surface area contributed by atoms with E-state index < -0.39 is 0 Å². The maximum absolute atomic E-state index is 2.51. The second kappa shape index (κ2) is 7.85. The summed E-state index contributed by atoms with van der Waals surface area (Å²) in [4.78, 5) is 0. The van der Waals surface area contributed by atoms with Gasteiger partial charge < -0.3 is 0 Å². The molecular formula is C34H26. The van der Waals surface area contributed by atoms with Crippen molar-refractivity contribution in [3.8, 4) is 22.3 Å². The zero-order chi connectivity index (χ0) is 22.5. The van der Waals surface area contributed by atoms with Gasteiger partial charge in [-0.05, 0) is 68.5 Å². The summed E-state index contributed by atoms with van der Waals surface area (Å²) in [6, 6.07) is 45.1. The van der Waals surface area contributed by atoms with Crippen LogP contribution in [0.15, 0.2) is 121 Å². The van der Waals surface area contributed by atoms with Gasteiger partial charge in [0.25, 0.3) is 0 Å². The van der Waals surface area contributed by atoms with Crippen LogP contribution in [0.5, 0.6) is 0 Å². The van der Waals surface area contributed by atoms with Crippen LogP contribution in [0.4, 0.5) is 0 Å². The van der Waals surface area contributed by atoms with Gasteiger partial charge in [0.15, 0.2) is 0 Å². The lowest BCUT2D eigenvalue weighted by molar-refractivity contribution is 0.778. The zero-order valence-electron chi connectivity index (χ0n) is 19.1. The molecule has 2 unspecified atom stereocenters. The number of hydrogen-bond donors (Lipinski definition) is 0. The maximum Gasteiger partial charge on any atom is 0.0136 e. The van der Waals surface area contributed by atoms with Crippen molar-refractivity contribution >= 4 is 0 Å². The lowest BCUT2D eigenvalue weighted by atomic mass is 9.71. The minimum atomic E-state index is 0.402. The first-order chi connectivity index (χ1) is 16.9. The standard InChI is InChI=1S/C34H26/c1-3-11-23(12-4-1)31-19-25-21-34-26(22-33(25)29-17-9-7-15-27(29)31)20-32(24-13-5-2-6-14-24)28-16-8-10-18-30(28)34/h1-18,21-22,31-32H,19-20H2. The molecule has 0 heteroatoms. The molecule has 2 atom stereocenters. The third kappa shape index (κ3) is 3.06. The van der Waals surface area contributed by atoms with Gasteiger partial charge in [-0.2, -0.15) is 0 Å². The van der Waals surface area contributed by atoms with Crippen molar-refractivity contribution in [2.24, 2.45) is 0 Å². The molecule has 5 aromatic rings. The third-order valence-electron chi connectivity index (χ3n) is 7.83. The summed E-state index contributed by atoms with van der Waals surface area (Å²) < 4.78 is 0. The summed E-state index contributed by atoms with van der Waals surface area (Å²) in [5.41, 5.74) is 14.3. The van der Waals surface area contributed by atoms with Crippen LogP contribution in [0.1, 0.15) is 45.2 Å². The van der Waals surface area contributed by atoms with Crippen molar-refractivity contribution < 1.29 is 0 Å². The maximum atomic E-state index is 2.51. The second-order valence-corrected chi connectivity index (χ2v) is 9.68. The Morgan fingerprint density at radius 2 is 0.765 bits per heavy atom. The Hall–Kier alpha value is -3.90. The van der Waals surface area contributed by atoms with Gasteiger partial charge in [0.05, 0.1) is 0 Å². The first-order valence-electron chi connectivity index (χ1n) is 12.3. The molecule has 7 rings (SSSR count). The molecule has 0 radical (unpaired) electrons. The fraction of sp³-hybridized carbons (Fsp3) is 0.118. The molecule has 0 nitrogen and oxygen atoms in total. The molecule has 0 aliphatic heterocycles. The lowest BCUT2D eigenvalue weighted by Crippen LogP contribution is -2.16. The number of rotatable bonds is 2. The highest BCUT2D eigenvalue weighted by molar-refractivity contribution is 5.83. The third-order valence-corrected chi connectivity index (χ3v) is 7.83. The molecule has 5 aromatic carbocycles. The van der Waals surface area contributed by atoms with Crippen molar-refractivity contribution in [1.82, 2.24) is 0 Å². The van der Waals surface area contributed by atoms with E-state index in [1.165, 1.54) is 55.6 Å². The normalized spacial score (nSPS) is 17.8. The van der Waals surface area contributed by atoms with E-state index in [4.69, 9.17) is 0 Å². The van der Waals surface area contributed by atoms with E-state index in [-0.39, 0.29) is 0 Å². The molecule has 0 aromatic heterocycles. The first kappa shape index (κ1) is 19.6. The van der Waals surface area contributed by atoms with Crippen molar-refractivity contribution in [3.05, 3.63) is 155 Å². The average Bonchev–Trinajstić information content (AvgIpc) is 2.92. The largest absolute Gasteiger partial charge is 0.0622 e. The van der Waals surface area contributed by atoms with Gasteiger partial charge in [0.1, 0.15) is 0 Å². The van der Waals surface area contributed by atoms with Gasteiger partial charge in [-0.1, -0.05) is 121 Å². The van der Waals surface area contributed by atoms with Crippen molar-refractivity contribution in [1.29, 1.82) is 0 Å². The summed E-state index contributed by atoms with van der Waals surface area (Å²) in [7, 11) is 0. The Morgan fingerprint density at radius 3 is 1.21 bits per heavy atom. The molecule has 2 aliphatic carbocycles. The fourth-order valence-electron chi connectivity index (χ4n) is 6.25. The molecule has 0 N–H and O–H groups in total. The Kier molecular flexibility index (Phi) is 4.52. The molecule has 0 amide bonds. The Morgan fingerprint density at radius 1 is 0.382 bits per heavy atom. The molecular weight excluding hydrogens is 408 g/mol. The highest BCUT2D eigenvalue weighted by atomic mass is 14.3. The van der Waals surface area contributed by atoms with E-state index in [0.717, 1.165) is 12.8 Å². The fourth-order valence-corrected chi connectivity index (χ4v) is 6.25. The summed E-state index contributed by atoms with van der Waals surface area (Å²) in [6.07, 6.45) is 2.10. The molecule has 0 bridgehead atoms. The minimum absolute atomic E-state index is 0.402. The Bertz CT molecular complexity index is 1380. The van der Waals surface area contributed by atoms with Gasteiger partial charge in [-0.25, -0.2) is 0 Å². The van der Waals surface area contributed by atoms with Gasteiger partial charge in [-0.15, -0.1) is 0 Å². The smallest absolute Gasteiger partial charge is 0.0136 e. The van der Waals surface area contributed by atoms with Crippen molar-refractivity contribution in [2.75, 3.05) is 0 Å². The summed E-state index contributed by atoms with van der Waals surface area (Å²) in [6.45, 7) is 0. The van der Waals surface area contributed by atoms with E-state index >= 15 is 0 Å². The van der Waals surface area contributed by atoms with E-state index in [0.29, 0.717) is 11.8 Å². The predicted octanol–water partition coefficient (Wildman–Crippen LogP) is 8.40. The Balaban J connectivity index is 1.41. The van der Waals surface area contributed by atoms with Crippen LogP contribution in [0.3, 0.4) is 0 Å². The molecule has 0 saturated heterocycles. The van der Waals surface area contributed by atoms with E-state index in [9.17, 15) is 0 Å². The van der Waals surface area contributed by atoms with Crippen LogP contribution in [0.2, 0.25) is 0 Å². The van der Waals surface area contributed by atoms with Gasteiger partial charge in [-0.3, -0.25) is 0 Å². The van der Waals surface area contributed by atoms with Gasteiger partial charge in [0.2, 0.25) is 0 Å². The average molecular weight is 435 g/mol. The molecule has 2 aliphatic rings. The second-order valence-electron chi connectivity index (χ2n) is 9.68. The SMILES string of the molecule is c1ccc(C2Cc3cc4c(cc3-c3ccccc32)CC(c2ccccc2)c2ccccc2-4)cc1. The van der Waals surface area contributed by atoms with Crippen LogP contribution in [-0.4, -0.2) is 0 Å². The number of benzene rings is 5. The van der Waals surface area contributed by atoms with Gasteiger partial charge in [0, 0.05) is 11.8 Å². The topological polar surface area (TPSA) is 0 Å². The monoisotopic (exact) mass is 434 g/mol. The predicted molar refractivity (Wildman–Crippen MR) is 141 cm³/mol. The molecule has 0 heterocycles. The van der Waals surface area contributed by atoms with Crippen LogP contribution < -0.4 is 0 Å². The van der Waals surface area contributed by atoms with Crippen molar-refractivity contribution in [3.63, 3.8) is 0 Å². The summed E-state index contributed by atoms with van der Waals surface area (Å²) in [5.74, 6) is 0.803. The van der Waals surface area contributed by atoms with Crippen molar-refractivity contribution in [2.45, 2.75) is 24.7 Å². The number of hydrogen-bond acceptors (Lipinski definition) is 0. The van der Waals surface area contributed by atoms with E-state index in [1.54, 1.807) is 0 Å². The van der Waals surface area contributed by atoms with E-state index in [1.807, 2.05) is 0 Å². The first-order valence-corrected chi connectivity index (χ1v) is 12.3. The van der Waals surface area contributed by atoms with Crippen LogP contribution in [-0.2, 0) is 12.8 Å². The molecule has 162 valence electrons. The summed E-state index contributed by atoms with van der Waals surface area (Å²) in [5, 5.41) is 0. The van der Waals surface area contributed by atoms with Crippen LogP contribution >= 0.6 is 0 Å². The lowest BCUT2D eigenvalue weighted by Gasteiger charge is -2.33. The van der Waals surface area contributed by atoms with E-state index in [2.05, 4.69) is 121 Å². The summed E-state index contributed by atoms with van der Waals surface area (Å²) >= 11 is 0. The van der Waals surface area contributed by atoms with Crippen LogP contribution in [0, 0.1) is 0 Å². The number of fused-ring (bicyclic) bond motifs is 6. The molecule has 34 heavy (non-hydrogen) atoms. The van der Waals surface area contributed by atoms with Gasteiger partial charge >= 0.3 is 0 Å². The highest BCUT2D eigenvalue weighted by Crippen LogP contribution is 2.48. The highest BCUT2D eigenvalue weighted by Gasteiger charge is 2.30. The van der Waals surface area contributed by atoms with Crippen LogP contribution in [0.25, 0.3) is 22.3 Å². The minimum Gasteiger partial charge on any atom is -0.0622 e. The molecule has 0 saturated carbocycles. The zero-order valence-corrected chi connectivity index (χ0v) is 19.1. The Labute approximate surface area is 201 Å². The quantitative estimate of drug-likeness (QED) is 0.262. The molecule has 0 fully saturated rings.